The van der Waals surface area contributed by atoms with Gasteiger partial charge in [0.15, 0.2) is 5.69 Å². The third-order valence-corrected chi connectivity index (χ3v) is 2.88. The van der Waals surface area contributed by atoms with E-state index in [1.54, 1.807) is 42.5 Å². The van der Waals surface area contributed by atoms with Crippen LogP contribution in [0.1, 0.15) is 5.69 Å². The number of rotatable bonds is 0. The predicted octanol–water partition coefficient (Wildman–Crippen LogP) is 4.41. The molecule has 3 aromatic rings. The van der Waals surface area contributed by atoms with Gasteiger partial charge in [-0.3, -0.25) is 0 Å². The molecule has 1 heterocycles. The average Bonchev–Trinajstić information content (AvgIpc) is 2.37. The molecule has 0 saturated heterocycles. The highest BCUT2D eigenvalue weighted by atomic mass is 19.4. The summed E-state index contributed by atoms with van der Waals surface area (Å²) in [7, 11) is 0. The summed E-state index contributed by atoms with van der Waals surface area (Å²) in [6, 6.07) is 13.3. The minimum atomic E-state index is -4.44. The summed E-state index contributed by atoms with van der Waals surface area (Å²) in [5.74, 6) is 0. The van der Waals surface area contributed by atoms with E-state index >= 15 is 0 Å². The van der Waals surface area contributed by atoms with Crippen LogP contribution in [0, 0.1) is 0 Å². The molecule has 0 aliphatic rings. The maximum atomic E-state index is 13.0. The Morgan fingerprint density at radius 3 is 1.94 bits per heavy atom. The molecule has 1 nitrogen and oxygen atoms in total. The summed E-state index contributed by atoms with van der Waals surface area (Å²) in [5.41, 5.74) is -0.458. The van der Waals surface area contributed by atoms with Gasteiger partial charge in [-0.1, -0.05) is 42.5 Å². The van der Waals surface area contributed by atoms with Gasteiger partial charge in [-0.25, -0.2) is 4.98 Å². The Hall–Kier alpha value is -2.10. The van der Waals surface area contributed by atoms with Crippen LogP contribution in [0.25, 0.3) is 21.7 Å². The van der Waals surface area contributed by atoms with E-state index in [9.17, 15) is 13.2 Å². The average molecular weight is 247 g/mol. The molecule has 0 aliphatic heterocycles. The van der Waals surface area contributed by atoms with E-state index < -0.39 is 11.9 Å². The van der Waals surface area contributed by atoms with Crippen molar-refractivity contribution in [3.63, 3.8) is 0 Å². The summed E-state index contributed by atoms with van der Waals surface area (Å²) in [5, 5.41) is 1.46. The Morgan fingerprint density at radius 1 is 0.722 bits per heavy atom. The van der Waals surface area contributed by atoms with E-state index in [0.29, 0.717) is 10.9 Å². The summed E-state index contributed by atoms with van der Waals surface area (Å²) >= 11 is 0. The number of fused-ring (bicyclic) bond motifs is 3. The van der Waals surface area contributed by atoms with Gasteiger partial charge in [-0.05, 0) is 11.5 Å². The number of halogens is 3. The van der Waals surface area contributed by atoms with Crippen molar-refractivity contribution in [3.05, 3.63) is 54.2 Å². The molecule has 0 radical (unpaired) electrons. The third kappa shape index (κ3) is 1.61. The van der Waals surface area contributed by atoms with Crippen LogP contribution in [0.2, 0.25) is 0 Å². The number of pyridine rings is 1. The number of aromatic nitrogens is 1. The van der Waals surface area contributed by atoms with Crippen molar-refractivity contribution >= 4 is 21.7 Å². The van der Waals surface area contributed by atoms with Crippen LogP contribution in [0.3, 0.4) is 0 Å². The van der Waals surface area contributed by atoms with Gasteiger partial charge < -0.3 is 0 Å². The second-order valence-electron chi connectivity index (χ2n) is 4.02. The first-order chi connectivity index (χ1) is 8.57. The molecule has 0 fully saturated rings. The highest BCUT2D eigenvalue weighted by Gasteiger charge is 2.35. The largest absolute Gasteiger partial charge is 0.433 e. The molecule has 0 atom stereocenters. The Morgan fingerprint density at radius 2 is 1.28 bits per heavy atom. The van der Waals surface area contributed by atoms with Gasteiger partial charge >= 0.3 is 6.18 Å². The van der Waals surface area contributed by atoms with Crippen molar-refractivity contribution in [1.82, 2.24) is 4.98 Å². The number of para-hydroxylation sites is 1. The molecule has 2 aromatic carbocycles. The monoisotopic (exact) mass is 247 g/mol. The lowest BCUT2D eigenvalue weighted by atomic mass is 10.0. The van der Waals surface area contributed by atoms with Gasteiger partial charge in [0.2, 0.25) is 0 Å². The smallest absolute Gasteiger partial charge is 0.243 e. The minimum Gasteiger partial charge on any atom is -0.243 e. The van der Waals surface area contributed by atoms with E-state index in [1.807, 2.05) is 0 Å². The fourth-order valence-electron chi connectivity index (χ4n) is 2.12. The predicted molar refractivity (Wildman–Crippen MR) is 64.3 cm³/mol. The molecule has 3 rings (SSSR count). The first-order valence-electron chi connectivity index (χ1n) is 5.42. The number of alkyl halides is 3. The Labute approximate surface area is 101 Å². The second kappa shape index (κ2) is 3.70. The summed E-state index contributed by atoms with van der Waals surface area (Å²) in [6.45, 7) is 0. The van der Waals surface area contributed by atoms with Crippen molar-refractivity contribution in [2.24, 2.45) is 0 Å². The Bertz CT molecular complexity index is 732. The van der Waals surface area contributed by atoms with Gasteiger partial charge in [0.25, 0.3) is 0 Å². The first kappa shape index (κ1) is 11.0. The number of hydrogen-bond acceptors (Lipinski definition) is 1. The Kier molecular flexibility index (Phi) is 2.26. The Balaban J connectivity index is 2.55. The van der Waals surface area contributed by atoms with Crippen LogP contribution in [-0.2, 0) is 6.18 Å². The van der Waals surface area contributed by atoms with E-state index in [2.05, 4.69) is 4.98 Å². The molecular formula is C14H8F3N. The van der Waals surface area contributed by atoms with Crippen molar-refractivity contribution in [3.8, 4) is 0 Å². The van der Waals surface area contributed by atoms with Gasteiger partial charge in [-0.15, -0.1) is 0 Å². The van der Waals surface area contributed by atoms with Crippen LogP contribution in [0.5, 0.6) is 0 Å². The third-order valence-electron chi connectivity index (χ3n) is 2.88. The molecule has 0 unspecified atom stereocenters. The topological polar surface area (TPSA) is 12.9 Å². The fraction of sp³-hybridized carbons (Fsp3) is 0.0714. The summed E-state index contributed by atoms with van der Waals surface area (Å²) in [6.07, 6.45) is -4.44. The van der Waals surface area contributed by atoms with Gasteiger partial charge in [0.1, 0.15) is 0 Å². The van der Waals surface area contributed by atoms with E-state index in [-0.39, 0.29) is 5.39 Å². The van der Waals surface area contributed by atoms with Crippen LogP contribution >= 0.6 is 0 Å². The molecule has 0 aliphatic carbocycles. The van der Waals surface area contributed by atoms with Crippen molar-refractivity contribution in [1.29, 1.82) is 0 Å². The molecule has 0 amide bonds. The molecule has 0 N–H and O–H groups in total. The first-order valence-corrected chi connectivity index (χ1v) is 5.42. The van der Waals surface area contributed by atoms with E-state index in [0.717, 1.165) is 5.39 Å². The zero-order valence-electron chi connectivity index (χ0n) is 9.20. The van der Waals surface area contributed by atoms with Crippen LogP contribution in [0.4, 0.5) is 13.2 Å². The molecule has 1 aromatic heterocycles. The van der Waals surface area contributed by atoms with Gasteiger partial charge in [0, 0.05) is 10.8 Å². The maximum absolute atomic E-state index is 13.0. The molecule has 18 heavy (non-hydrogen) atoms. The van der Waals surface area contributed by atoms with Crippen LogP contribution in [0.15, 0.2) is 48.5 Å². The van der Waals surface area contributed by atoms with Crippen molar-refractivity contribution in [2.75, 3.05) is 0 Å². The highest BCUT2D eigenvalue weighted by molar-refractivity contribution is 6.06. The molecule has 4 heteroatoms. The number of nitrogens with zero attached hydrogens (tertiary/aromatic N) is 1. The quantitative estimate of drug-likeness (QED) is 0.536. The SMILES string of the molecule is FC(F)(F)c1nc2ccccc2c2ccccc12. The molecule has 90 valence electrons. The molecule has 0 bridgehead atoms. The fourth-order valence-corrected chi connectivity index (χ4v) is 2.12. The minimum absolute atomic E-state index is 0.142. The zero-order chi connectivity index (χ0) is 12.8. The standard InChI is InChI=1S/C14H8F3N/c15-14(16,17)13-11-7-2-1-5-9(11)10-6-3-4-8-12(10)18-13/h1-8H. The summed E-state index contributed by atoms with van der Waals surface area (Å²) in [4.78, 5) is 3.75. The zero-order valence-corrected chi connectivity index (χ0v) is 9.20. The lowest BCUT2D eigenvalue weighted by Gasteiger charge is -2.11. The summed E-state index contributed by atoms with van der Waals surface area (Å²) < 4.78 is 38.9. The molecular weight excluding hydrogens is 239 g/mol. The number of benzene rings is 2. The van der Waals surface area contributed by atoms with Crippen LogP contribution in [-0.4, -0.2) is 4.98 Å². The van der Waals surface area contributed by atoms with E-state index in [1.165, 1.54) is 6.07 Å². The second-order valence-corrected chi connectivity index (χ2v) is 4.02. The van der Waals surface area contributed by atoms with Crippen molar-refractivity contribution in [2.45, 2.75) is 6.18 Å². The van der Waals surface area contributed by atoms with Gasteiger partial charge in [-0.2, -0.15) is 13.2 Å². The molecule has 0 spiro atoms. The number of hydrogen-bond donors (Lipinski definition) is 0. The molecule has 0 saturated carbocycles. The van der Waals surface area contributed by atoms with Gasteiger partial charge in [0.05, 0.1) is 5.52 Å². The van der Waals surface area contributed by atoms with E-state index in [4.69, 9.17) is 0 Å². The highest BCUT2D eigenvalue weighted by Crippen LogP contribution is 2.36. The lowest BCUT2D eigenvalue weighted by molar-refractivity contribution is -0.139. The maximum Gasteiger partial charge on any atom is 0.433 e. The van der Waals surface area contributed by atoms with Crippen molar-refractivity contribution < 1.29 is 13.2 Å². The normalized spacial score (nSPS) is 12.2. The van der Waals surface area contributed by atoms with Crippen LogP contribution < -0.4 is 0 Å². The lowest BCUT2D eigenvalue weighted by Crippen LogP contribution is -2.09.